The van der Waals surface area contributed by atoms with Crippen LogP contribution in [0, 0.1) is 11.3 Å². The SMILES string of the molecule is CCOc1cccc(NC(=O)/C(C#N)=C\c2cc(Cl)c(OCc3ccc(Br)cc3)c(Br)c2)c1. The van der Waals surface area contributed by atoms with E-state index in [9.17, 15) is 10.1 Å². The number of hydrogen-bond acceptors (Lipinski definition) is 4. The summed E-state index contributed by atoms with van der Waals surface area (Å²) in [5.41, 5.74) is 2.03. The van der Waals surface area contributed by atoms with Crippen LogP contribution in [0.3, 0.4) is 0 Å². The number of nitrogens with one attached hydrogen (secondary N) is 1. The average molecular weight is 591 g/mol. The van der Waals surface area contributed by atoms with Gasteiger partial charge in [-0.05, 0) is 76.5 Å². The molecule has 3 aromatic carbocycles. The second-order valence-corrected chi connectivity index (χ2v) is 8.99. The number of anilines is 1. The van der Waals surface area contributed by atoms with Crippen LogP contribution in [0.25, 0.3) is 6.08 Å². The minimum absolute atomic E-state index is 0.0664. The molecule has 1 amide bonds. The molecular weight excluding hydrogens is 572 g/mol. The molecular formula is C25H19Br2ClN2O3. The first-order valence-electron chi connectivity index (χ1n) is 9.92. The molecule has 3 rings (SSSR count). The van der Waals surface area contributed by atoms with Crippen LogP contribution >= 0.6 is 43.5 Å². The molecule has 0 spiro atoms. The number of benzene rings is 3. The van der Waals surface area contributed by atoms with E-state index < -0.39 is 5.91 Å². The van der Waals surface area contributed by atoms with E-state index in [0.717, 1.165) is 10.0 Å². The highest BCUT2D eigenvalue weighted by molar-refractivity contribution is 9.10. The van der Waals surface area contributed by atoms with Gasteiger partial charge in [-0.25, -0.2) is 0 Å². The minimum atomic E-state index is -0.533. The number of hydrogen-bond donors (Lipinski definition) is 1. The zero-order valence-corrected chi connectivity index (χ0v) is 21.5. The smallest absolute Gasteiger partial charge is 0.266 e. The molecule has 0 unspecified atom stereocenters. The van der Waals surface area contributed by atoms with Crippen molar-refractivity contribution in [3.05, 3.63) is 91.3 Å². The van der Waals surface area contributed by atoms with Crippen molar-refractivity contribution in [3.8, 4) is 17.6 Å². The van der Waals surface area contributed by atoms with Gasteiger partial charge in [0.05, 0.1) is 16.1 Å². The number of carbonyl (C=O) groups excluding carboxylic acids is 1. The lowest BCUT2D eigenvalue weighted by Crippen LogP contribution is -2.13. The number of nitriles is 1. The Bertz CT molecular complexity index is 1200. The number of ether oxygens (including phenoxy) is 2. The maximum Gasteiger partial charge on any atom is 0.266 e. The summed E-state index contributed by atoms with van der Waals surface area (Å²) in [7, 11) is 0. The Balaban J connectivity index is 1.75. The average Bonchev–Trinajstić information content (AvgIpc) is 2.78. The van der Waals surface area contributed by atoms with Crippen molar-refractivity contribution in [1.29, 1.82) is 5.26 Å². The molecule has 0 aliphatic heterocycles. The van der Waals surface area contributed by atoms with E-state index in [4.69, 9.17) is 21.1 Å². The van der Waals surface area contributed by atoms with Crippen molar-refractivity contribution in [2.75, 3.05) is 11.9 Å². The van der Waals surface area contributed by atoms with E-state index in [1.807, 2.05) is 37.3 Å². The maximum atomic E-state index is 12.6. The van der Waals surface area contributed by atoms with Crippen LogP contribution in [0.2, 0.25) is 5.02 Å². The second-order valence-electron chi connectivity index (χ2n) is 6.81. The Kier molecular flexibility index (Phi) is 8.95. The predicted octanol–water partition coefficient (Wildman–Crippen LogP) is 7.39. The summed E-state index contributed by atoms with van der Waals surface area (Å²) in [4.78, 5) is 12.6. The molecule has 0 fully saturated rings. The summed E-state index contributed by atoms with van der Waals surface area (Å²) in [6, 6.07) is 20.1. The fourth-order valence-corrected chi connectivity index (χ4v) is 4.13. The van der Waals surface area contributed by atoms with E-state index >= 15 is 0 Å². The second kappa shape index (κ2) is 11.9. The molecule has 3 aromatic rings. The van der Waals surface area contributed by atoms with E-state index in [1.165, 1.54) is 6.08 Å². The molecule has 8 heteroatoms. The van der Waals surface area contributed by atoms with Gasteiger partial charge in [0.2, 0.25) is 0 Å². The molecule has 0 aliphatic rings. The predicted molar refractivity (Wildman–Crippen MR) is 137 cm³/mol. The first-order chi connectivity index (χ1) is 15.9. The van der Waals surface area contributed by atoms with Gasteiger partial charge in [-0.15, -0.1) is 0 Å². The molecule has 168 valence electrons. The van der Waals surface area contributed by atoms with Crippen molar-refractivity contribution >= 4 is 61.1 Å². The van der Waals surface area contributed by atoms with Gasteiger partial charge in [0.25, 0.3) is 5.91 Å². The van der Waals surface area contributed by atoms with Gasteiger partial charge in [0, 0.05) is 16.2 Å². The number of nitrogens with zero attached hydrogens (tertiary/aromatic N) is 1. The van der Waals surface area contributed by atoms with Gasteiger partial charge in [-0.1, -0.05) is 45.7 Å². The largest absolute Gasteiger partial charge is 0.494 e. The van der Waals surface area contributed by atoms with E-state index in [2.05, 4.69) is 37.2 Å². The van der Waals surface area contributed by atoms with Crippen LogP contribution in [0.4, 0.5) is 5.69 Å². The summed E-state index contributed by atoms with van der Waals surface area (Å²) in [6.07, 6.45) is 1.47. The molecule has 0 radical (unpaired) electrons. The maximum absolute atomic E-state index is 12.6. The highest BCUT2D eigenvalue weighted by Gasteiger charge is 2.13. The third kappa shape index (κ3) is 7.10. The Labute approximate surface area is 214 Å². The van der Waals surface area contributed by atoms with Crippen LogP contribution in [-0.4, -0.2) is 12.5 Å². The monoisotopic (exact) mass is 588 g/mol. The third-order valence-electron chi connectivity index (χ3n) is 4.40. The molecule has 5 nitrogen and oxygen atoms in total. The summed E-state index contributed by atoms with van der Waals surface area (Å²) in [5.74, 6) is 0.577. The molecule has 0 aliphatic carbocycles. The van der Waals surface area contributed by atoms with Gasteiger partial charge < -0.3 is 14.8 Å². The molecule has 33 heavy (non-hydrogen) atoms. The zero-order valence-electron chi connectivity index (χ0n) is 17.6. The molecule has 0 atom stereocenters. The highest BCUT2D eigenvalue weighted by Crippen LogP contribution is 2.36. The van der Waals surface area contributed by atoms with Crippen LogP contribution in [0.5, 0.6) is 11.5 Å². The van der Waals surface area contributed by atoms with Gasteiger partial charge in [-0.2, -0.15) is 5.26 Å². The van der Waals surface area contributed by atoms with Gasteiger partial charge in [0.1, 0.15) is 24.0 Å². The lowest BCUT2D eigenvalue weighted by Gasteiger charge is -2.12. The number of carbonyl (C=O) groups is 1. The molecule has 0 saturated heterocycles. The van der Waals surface area contributed by atoms with Crippen molar-refractivity contribution < 1.29 is 14.3 Å². The Morgan fingerprint density at radius 2 is 1.88 bits per heavy atom. The van der Waals surface area contributed by atoms with E-state index in [-0.39, 0.29) is 5.57 Å². The van der Waals surface area contributed by atoms with Crippen molar-refractivity contribution in [3.63, 3.8) is 0 Å². The summed E-state index contributed by atoms with van der Waals surface area (Å²) in [6.45, 7) is 2.73. The Morgan fingerprint density at radius 1 is 1.12 bits per heavy atom. The van der Waals surface area contributed by atoms with E-state index in [1.54, 1.807) is 36.4 Å². The van der Waals surface area contributed by atoms with Gasteiger partial charge in [-0.3, -0.25) is 4.79 Å². The van der Waals surface area contributed by atoms with Crippen LogP contribution in [-0.2, 0) is 11.4 Å². The summed E-state index contributed by atoms with van der Waals surface area (Å²) in [5, 5.41) is 12.6. The molecule has 0 aromatic heterocycles. The highest BCUT2D eigenvalue weighted by atomic mass is 79.9. The van der Waals surface area contributed by atoms with Crippen LogP contribution in [0.1, 0.15) is 18.1 Å². The van der Waals surface area contributed by atoms with Crippen LogP contribution in [0.15, 0.2) is 75.2 Å². The Hall–Kier alpha value is -2.79. The normalized spacial score (nSPS) is 10.9. The van der Waals surface area contributed by atoms with Crippen LogP contribution < -0.4 is 14.8 Å². The molecule has 0 bridgehead atoms. The first kappa shape index (κ1) is 24.8. The molecule has 0 saturated carbocycles. The van der Waals surface area contributed by atoms with Gasteiger partial charge in [0.15, 0.2) is 5.75 Å². The minimum Gasteiger partial charge on any atom is -0.494 e. The lowest BCUT2D eigenvalue weighted by molar-refractivity contribution is -0.112. The fraction of sp³-hybridized carbons (Fsp3) is 0.120. The first-order valence-corrected chi connectivity index (χ1v) is 11.9. The van der Waals surface area contributed by atoms with Gasteiger partial charge >= 0.3 is 0 Å². The number of amides is 1. The van der Waals surface area contributed by atoms with Crippen molar-refractivity contribution in [2.45, 2.75) is 13.5 Å². The lowest BCUT2D eigenvalue weighted by atomic mass is 10.1. The topological polar surface area (TPSA) is 71.3 Å². The van der Waals surface area contributed by atoms with Crippen molar-refractivity contribution in [1.82, 2.24) is 0 Å². The standard InChI is InChI=1S/C25H19Br2ClN2O3/c1-2-32-21-5-3-4-20(13-21)30-25(31)18(14-29)10-17-11-22(27)24(23(28)12-17)33-15-16-6-8-19(26)9-7-16/h3-13H,2,15H2,1H3,(H,30,31)/b18-10-. The molecule has 0 heterocycles. The summed E-state index contributed by atoms with van der Waals surface area (Å²) >= 11 is 13.3. The zero-order chi connectivity index (χ0) is 23.8. The fourth-order valence-electron chi connectivity index (χ4n) is 2.88. The Morgan fingerprint density at radius 3 is 2.55 bits per heavy atom. The van der Waals surface area contributed by atoms with Crippen molar-refractivity contribution in [2.24, 2.45) is 0 Å². The quantitative estimate of drug-likeness (QED) is 0.219. The number of halogens is 3. The number of rotatable bonds is 8. The summed E-state index contributed by atoms with van der Waals surface area (Å²) < 4.78 is 12.9. The molecule has 1 N–H and O–H groups in total. The van der Waals surface area contributed by atoms with E-state index in [0.29, 0.717) is 45.5 Å². The third-order valence-corrected chi connectivity index (χ3v) is 5.79.